The molecule has 0 radical (unpaired) electrons. The number of hydrogen-bond donors (Lipinski definition) is 2. The highest BCUT2D eigenvalue weighted by Gasteiger charge is 2.30. The molecule has 3 N–H and O–H groups in total. The van der Waals surface area contributed by atoms with Gasteiger partial charge in [0.05, 0.1) is 0 Å². The lowest BCUT2D eigenvalue weighted by Crippen LogP contribution is -2.40. The Kier molecular flexibility index (Phi) is 2.81. The Hall–Kier alpha value is 0.500. The third kappa shape index (κ3) is 2.27. The second-order valence-corrected chi connectivity index (χ2v) is 4.44. The maximum Gasteiger partial charge on any atom is 0.118 e. The lowest BCUT2D eigenvalue weighted by Gasteiger charge is -2.29. The first-order valence-corrected chi connectivity index (χ1v) is 4.23. The largest absolute Gasteiger partial charge is 0.271 e. The molecule has 10 heavy (non-hydrogen) atoms. The summed E-state index contributed by atoms with van der Waals surface area (Å²) in [5.41, 5.74) is 2.72. The van der Waals surface area contributed by atoms with E-state index in [4.69, 9.17) is 29.0 Å². The zero-order valence-electron chi connectivity index (χ0n) is 5.74. The van der Waals surface area contributed by atoms with Crippen LogP contribution in [0.1, 0.15) is 25.7 Å². The SMILES string of the molecule is NNC1CCC(Cl)(Cl)CC1. The summed E-state index contributed by atoms with van der Waals surface area (Å²) in [4.78, 5) is 0. The van der Waals surface area contributed by atoms with Crippen LogP contribution < -0.4 is 11.3 Å². The summed E-state index contributed by atoms with van der Waals surface area (Å²) in [7, 11) is 0. The lowest BCUT2D eigenvalue weighted by atomic mass is 9.95. The van der Waals surface area contributed by atoms with Gasteiger partial charge in [-0.05, 0) is 25.7 Å². The van der Waals surface area contributed by atoms with E-state index in [1.165, 1.54) is 0 Å². The average molecular weight is 183 g/mol. The Morgan fingerprint density at radius 3 is 2.20 bits per heavy atom. The smallest absolute Gasteiger partial charge is 0.118 e. The van der Waals surface area contributed by atoms with E-state index in [0.717, 1.165) is 25.7 Å². The van der Waals surface area contributed by atoms with Crippen molar-refractivity contribution in [2.75, 3.05) is 0 Å². The number of hydrazine groups is 1. The minimum absolute atomic E-state index is 0.408. The molecule has 1 fully saturated rings. The predicted octanol–water partition coefficient (Wildman–Crippen LogP) is 1.57. The second-order valence-electron chi connectivity index (χ2n) is 2.80. The summed E-state index contributed by atoms with van der Waals surface area (Å²) in [6.45, 7) is 0. The van der Waals surface area contributed by atoms with Gasteiger partial charge in [-0.15, -0.1) is 23.2 Å². The van der Waals surface area contributed by atoms with E-state index in [9.17, 15) is 0 Å². The maximum atomic E-state index is 5.89. The second kappa shape index (κ2) is 3.26. The molecule has 0 bridgehead atoms. The number of nitrogens with two attached hydrogens (primary N) is 1. The van der Waals surface area contributed by atoms with Crippen LogP contribution in [0.4, 0.5) is 0 Å². The molecule has 0 unspecified atom stereocenters. The van der Waals surface area contributed by atoms with Crippen molar-refractivity contribution in [3.63, 3.8) is 0 Å². The van der Waals surface area contributed by atoms with Gasteiger partial charge >= 0.3 is 0 Å². The van der Waals surface area contributed by atoms with Crippen molar-refractivity contribution < 1.29 is 0 Å². The van der Waals surface area contributed by atoms with Gasteiger partial charge in [-0.3, -0.25) is 11.3 Å². The Bertz CT molecular complexity index is 106. The third-order valence-electron chi connectivity index (χ3n) is 1.95. The van der Waals surface area contributed by atoms with Crippen LogP contribution >= 0.6 is 23.2 Å². The highest BCUT2D eigenvalue weighted by Crippen LogP contribution is 2.37. The van der Waals surface area contributed by atoms with E-state index >= 15 is 0 Å². The zero-order valence-corrected chi connectivity index (χ0v) is 7.25. The monoisotopic (exact) mass is 182 g/mol. The van der Waals surface area contributed by atoms with Crippen molar-refractivity contribution in [2.24, 2.45) is 5.84 Å². The van der Waals surface area contributed by atoms with Gasteiger partial charge in [0.1, 0.15) is 4.33 Å². The van der Waals surface area contributed by atoms with Gasteiger partial charge in [0.15, 0.2) is 0 Å². The van der Waals surface area contributed by atoms with Crippen molar-refractivity contribution in [2.45, 2.75) is 36.1 Å². The number of nitrogens with one attached hydrogen (secondary N) is 1. The Morgan fingerprint density at radius 2 is 1.80 bits per heavy atom. The molecule has 0 aliphatic heterocycles. The van der Waals surface area contributed by atoms with E-state index in [2.05, 4.69) is 5.43 Å². The minimum atomic E-state index is -0.493. The molecular weight excluding hydrogens is 171 g/mol. The fourth-order valence-corrected chi connectivity index (χ4v) is 1.64. The number of rotatable bonds is 1. The minimum Gasteiger partial charge on any atom is -0.271 e. The van der Waals surface area contributed by atoms with Gasteiger partial charge in [0.25, 0.3) is 0 Å². The highest BCUT2D eigenvalue weighted by molar-refractivity contribution is 6.48. The molecule has 60 valence electrons. The quantitative estimate of drug-likeness (QED) is 0.368. The van der Waals surface area contributed by atoms with E-state index in [0.29, 0.717) is 6.04 Å². The van der Waals surface area contributed by atoms with Crippen molar-refractivity contribution in [3.05, 3.63) is 0 Å². The van der Waals surface area contributed by atoms with Gasteiger partial charge in [0.2, 0.25) is 0 Å². The molecule has 0 atom stereocenters. The first-order valence-electron chi connectivity index (χ1n) is 3.48. The molecule has 0 aromatic carbocycles. The van der Waals surface area contributed by atoms with Crippen molar-refractivity contribution >= 4 is 23.2 Å². The number of hydrogen-bond acceptors (Lipinski definition) is 2. The molecule has 0 amide bonds. The summed E-state index contributed by atoms with van der Waals surface area (Å²) >= 11 is 11.8. The molecule has 1 aliphatic carbocycles. The van der Waals surface area contributed by atoms with E-state index in [-0.39, 0.29) is 0 Å². The third-order valence-corrected chi connectivity index (χ3v) is 2.71. The fourth-order valence-electron chi connectivity index (χ4n) is 1.21. The van der Waals surface area contributed by atoms with Crippen LogP contribution in [0.25, 0.3) is 0 Å². The standard InChI is InChI=1S/C6H12Cl2N2/c7-6(8)3-1-5(10-9)2-4-6/h5,10H,1-4,9H2. The molecule has 2 nitrogen and oxygen atoms in total. The van der Waals surface area contributed by atoms with Gasteiger partial charge in [-0.2, -0.15) is 0 Å². The summed E-state index contributed by atoms with van der Waals surface area (Å²) in [5.74, 6) is 5.26. The van der Waals surface area contributed by atoms with Crippen molar-refractivity contribution in [3.8, 4) is 0 Å². The molecule has 0 saturated heterocycles. The number of alkyl halides is 2. The predicted molar refractivity (Wildman–Crippen MR) is 44.0 cm³/mol. The van der Waals surface area contributed by atoms with E-state index < -0.39 is 4.33 Å². The highest BCUT2D eigenvalue weighted by atomic mass is 35.5. The van der Waals surface area contributed by atoms with Gasteiger partial charge in [-0.25, -0.2) is 0 Å². The summed E-state index contributed by atoms with van der Waals surface area (Å²) in [5, 5.41) is 0. The van der Waals surface area contributed by atoms with Gasteiger partial charge in [0, 0.05) is 6.04 Å². The summed E-state index contributed by atoms with van der Waals surface area (Å²) in [6, 6.07) is 0.408. The summed E-state index contributed by atoms with van der Waals surface area (Å²) in [6.07, 6.45) is 3.63. The van der Waals surface area contributed by atoms with Gasteiger partial charge in [-0.1, -0.05) is 0 Å². The van der Waals surface area contributed by atoms with E-state index in [1.807, 2.05) is 0 Å². The molecule has 1 rings (SSSR count). The van der Waals surface area contributed by atoms with Crippen LogP contribution in [0.3, 0.4) is 0 Å². The average Bonchev–Trinajstić information content (AvgIpc) is 1.88. The van der Waals surface area contributed by atoms with Gasteiger partial charge < -0.3 is 0 Å². The maximum absolute atomic E-state index is 5.89. The Balaban J connectivity index is 2.31. The van der Waals surface area contributed by atoms with Crippen LogP contribution in [0.5, 0.6) is 0 Å². The van der Waals surface area contributed by atoms with Crippen molar-refractivity contribution in [1.82, 2.24) is 5.43 Å². The Labute approximate surface area is 71.0 Å². The number of halogens is 2. The lowest BCUT2D eigenvalue weighted by molar-refractivity contribution is 0.366. The zero-order chi connectivity index (χ0) is 7.61. The fraction of sp³-hybridized carbons (Fsp3) is 1.00. The topological polar surface area (TPSA) is 38.0 Å². The first kappa shape index (κ1) is 8.60. The molecule has 0 aromatic rings. The van der Waals surface area contributed by atoms with Crippen LogP contribution in [0, 0.1) is 0 Å². The van der Waals surface area contributed by atoms with E-state index in [1.54, 1.807) is 0 Å². The van der Waals surface area contributed by atoms with Crippen LogP contribution in [-0.2, 0) is 0 Å². The van der Waals surface area contributed by atoms with Crippen LogP contribution in [0.2, 0.25) is 0 Å². The molecule has 0 aromatic heterocycles. The molecule has 4 heteroatoms. The normalized spacial score (nSPS) is 26.7. The molecule has 0 spiro atoms. The molecule has 1 aliphatic rings. The van der Waals surface area contributed by atoms with Crippen molar-refractivity contribution in [1.29, 1.82) is 0 Å². The van der Waals surface area contributed by atoms with Crippen LogP contribution in [0.15, 0.2) is 0 Å². The van der Waals surface area contributed by atoms with Crippen LogP contribution in [-0.4, -0.2) is 10.4 Å². The summed E-state index contributed by atoms with van der Waals surface area (Å²) < 4.78 is -0.493. The molecular formula is C6H12Cl2N2. The Morgan fingerprint density at radius 1 is 1.30 bits per heavy atom. The first-order chi connectivity index (χ1) is 4.64. The molecule has 1 saturated carbocycles. The molecule has 0 heterocycles.